The molecule has 22 heavy (non-hydrogen) atoms. The van der Waals surface area contributed by atoms with Crippen molar-refractivity contribution in [1.82, 2.24) is 4.31 Å². The van der Waals surface area contributed by atoms with E-state index in [1.54, 1.807) is 13.1 Å². The molecule has 118 valence electrons. The van der Waals surface area contributed by atoms with Crippen LogP contribution in [0.1, 0.15) is 11.1 Å². The van der Waals surface area contributed by atoms with E-state index in [-0.39, 0.29) is 0 Å². The Hall–Kier alpha value is -1.85. The summed E-state index contributed by atoms with van der Waals surface area (Å²) in [4.78, 5) is 0.348. The van der Waals surface area contributed by atoms with E-state index in [9.17, 15) is 8.42 Å². The van der Waals surface area contributed by atoms with Crippen LogP contribution in [0.5, 0.6) is 5.75 Å². The fourth-order valence-corrected chi connectivity index (χ4v) is 3.54. The molecule has 2 aromatic rings. The van der Waals surface area contributed by atoms with Gasteiger partial charge in [-0.15, -0.1) is 0 Å². The summed E-state index contributed by atoms with van der Waals surface area (Å²) in [6.45, 7) is 4.37. The minimum absolute atomic E-state index is 0.296. The zero-order valence-electron chi connectivity index (χ0n) is 13.1. The van der Waals surface area contributed by atoms with E-state index in [0.29, 0.717) is 18.0 Å². The van der Waals surface area contributed by atoms with Gasteiger partial charge in [-0.1, -0.05) is 35.9 Å². The van der Waals surface area contributed by atoms with Crippen LogP contribution < -0.4 is 4.74 Å². The Morgan fingerprint density at radius 2 is 1.73 bits per heavy atom. The van der Waals surface area contributed by atoms with Crippen molar-refractivity contribution < 1.29 is 13.2 Å². The highest BCUT2D eigenvalue weighted by Crippen LogP contribution is 2.20. The average Bonchev–Trinajstić information content (AvgIpc) is 2.47. The molecule has 0 radical (unpaired) electrons. The van der Waals surface area contributed by atoms with Crippen molar-refractivity contribution in [2.75, 3.05) is 20.2 Å². The molecule has 0 aliphatic rings. The Labute approximate surface area is 132 Å². The standard InChI is InChI=1S/C17H21NO3S/c1-14-9-10-17(15(2)13-14)22(19,20)18(3)11-12-21-16-7-5-4-6-8-16/h4-10,13H,11-12H2,1-3H3. The number of para-hydroxylation sites is 1. The summed E-state index contributed by atoms with van der Waals surface area (Å²) in [6, 6.07) is 14.7. The Balaban J connectivity index is 2.03. The molecule has 5 heteroatoms. The van der Waals surface area contributed by atoms with Gasteiger partial charge in [0.25, 0.3) is 0 Å². The summed E-state index contributed by atoms with van der Waals surface area (Å²) in [5, 5.41) is 0. The third-order valence-electron chi connectivity index (χ3n) is 3.44. The number of hydrogen-bond acceptors (Lipinski definition) is 3. The molecule has 0 aromatic heterocycles. The first kappa shape index (κ1) is 16.5. The lowest BCUT2D eigenvalue weighted by atomic mass is 10.2. The number of rotatable bonds is 6. The maximum Gasteiger partial charge on any atom is 0.243 e. The van der Waals surface area contributed by atoms with Gasteiger partial charge in [0, 0.05) is 13.6 Å². The average molecular weight is 319 g/mol. The number of likely N-dealkylation sites (N-methyl/N-ethyl adjacent to an activating group) is 1. The number of benzene rings is 2. The van der Waals surface area contributed by atoms with E-state index in [0.717, 1.165) is 16.9 Å². The summed E-state index contributed by atoms with van der Waals surface area (Å²) in [6.07, 6.45) is 0. The van der Waals surface area contributed by atoms with Gasteiger partial charge in [0.2, 0.25) is 10.0 Å². The molecule has 0 spiro atoms. The minimum atomic E-state index is -3.49. The molecule has 0 amide bonds. The molecule has 2 aromatic carbocycles. The molecule has 0 aliphatic heterocycles. The summed E-state index contributed by atoms with van der Waals surface area (Å²) < 4.78 is 32.0. The second-order valence-electron chi connectivity index (χ2n) is 5.26. The fraction of sp³-hybridized carbons (Fsp3) is 0.294. The van der Waals surface area contributed by atoms with Crippen molar-refractivity contribution in [3.63, 3.8) is 0 Å². The largest absolute Gasteiger partial charge is 0.492 e. The first-order valence-electron chi connectivity index (χ1n) is 7.12. The molecule has 4 nitrogen and oxygen atoms in total. The van der Waals surface area contributed by atoms with Gasteiger partial charge in [-0.05, 0) is 37.6 Å². The molecule has 0 aliphatic carbocycles. The van der Waals surface area contributed by atoms with Crippen LogP contribution in [0.25, 0.3) is 0 Å². The van der Waals surface area contributed by atoms with Gasteiger partial charge in [0.1, 0.15) is 12.4 Å². The van der Waals surface area contributed by atoms with E-state index >= 15 is 0 Å². The number of sulfonamides is 1. The summed E-state index contributed by atoms with van der Waals surface area (Å²) in [5.41, 5.74) is 1.81. The van der Waals surface area contributed by atoms with E-state index in [2.05, 4.69) is 0 Å². The fourth-order valence-electron chi connectivity index (χ4n) is 2.19. The van der Waals surface area contributed by atoms with Crippen LogP contribution >= 0.6 is 0 Å². The number of nitrogens with zero attached hydrogens (tertiary/aromatic N) is 1. The molecular formula is C17H21NO3S. The lowest BCUT2D eigenvalue weighted by Gasteiger charge is -2.19. The van der Waals surface area contributed by atoms with E-state index in [4.69, 9.17) is 4.74 Å². The predicted molar refractivity (Wildman–Crippen MR) is 87.7 cm³/mol. The van der Waals surface area contributed by atoms with Crippen LogP contribution in [0.2, 0.25) is 0 Å². The SMILES string of the molecule is Cc1ccc(S(=O)(=O)N(C)CCOc2ccccc2)c(C)c1. The van der Waals surface area contributed by atoms with Gasteiger partial charge in [0.05, 0.1) is 4.90 Å². The van der Waals surface area contributed by atoms with Gasteiger partial charge < -0.3 is 4.74 Å². The Morgan fingerprint density at radius 1 is 1.05 bits per heavy atom. The zero-order chi connectivity index (χ0) is 16.2. The van der Waals surface area contributed by atoms with Crippen LogP contribution in [0.4, 0.5) is 0 Å². The summed E-state index contributed by atoms with van der Waals surface area (Å²) >= 11 is 0. The maximum absolute atomic E-state index is 12.6. The number of hydrogen-bond donors (Lipinski definition) is 0. The van der Waals surface area contributed by atoms with Crippen molar-refractivity contribution >= 4 is 10.0 Å². The topological polar surface area (TPSA) is 46.6 Å². The van der Waals surface area contributed by atoms with Gasteiger partial charge in [-0.2, -0.15) is 4.31 Å². The predicted octanol–water partition coefficient (Wildman–Crippen LogP) is 3.00. The van der Waals surface area contributed by atoms with Crippen LogP contribution in [0.3, 0.4) is 0 Å². The smallest absolute Gasteiger partial charge is 0.243 e. The zero-order valence-corrected chi connectivity index (χ0v) is 13.9. The molecule has 0 saturated carbocycles. The van der Waals surface area contributed by atoms with Crippen molar-refractivity contribution in [2.45, 2.75) is 18.7 Å². The monoisotopic (exact) mass is 319 g/mol. The lowest BCUT2D eigenvalue weighted by molar-refractivity contribution is 0.287. The normalized spacial score (nSPS) is 11.6. The van der Waals surface area contributed by atoms with E-state index < -0.39 is 10.0 Å². The molecule has 0 atom stereocenters. The second-order valence-corrected chi connectivity index (χ2v) is 7.27. The quantitative estimate of drug-likeness (QED) is 0.822. The highest BCUT2D eigenvalue weighted by atomic mass is 32.2. The van der Waals surface area contributed by atoms with Crippen molar-refractivity contribution in [1.29, 1.82) is 0 Å². The van der Waals surface area contributed by atoms with Gasteiger partial charge in [-0.25, -0.2) is 8.42 Å². The maximum atomic E-state index is 12.6. The first-order valence-corrected chi connectivity index (χ1v) is 8.57. The highest BCUT2D eigenvalue weighted by Gasteiger charge is 2.22. The van der Waals surface area contributed by atoms with Crippen molar-refractivity contribution in [2.24, 2.45) is 0 Å². The van der Waals surface area contributed by atoms with Crippen LogP contribution in [-0.2, 0) is 10.0 Å². The third kappa shape index (κ3) is 3.87. The van der Waals surface area contributed by atoms with Gasteiger partial charge >= 0.3 is 0 Å². The third-order valence-corrected chi connectivity index (χ3v) is 5.45. The lowest BCUT2D eigenvalue weighted by Crippen LogP contribution is -2.31. The molecule has 0 fully saturated rings. The minimum Gasteiger partial charge on any atom is -0.492 e. The van der Waals surface area contributed by atoms with Crippen molar-refractivity contribution in [3.8, 4) is 5.75 Å². The van der Waals surface area contributed by atoms with Crippen LogP contribution in [0, 0.1) is 13.8 Å². The number of aryl methyl sites for hydroxylation is 2. The molecule has 0 N–H and O–H groups in total. The van der Waals surface area contributed by atoms with Gasteiger partial charge in [0.15, 0.2) is 0 Å². The van der Waals surface area contributed by atoms with Crippen LogP contribution in [0.15, 0.2) is 53.4 Å². The summed E-state index contributed by atoms with van der Waals surface area (Å²) in [7, 11) is -1.92. The first-order chi connectivity index (χ1) is 10.4. The number of ether oxygens (including phenoxy) is 1. The Bertz CT molecular complexity index is 727. The highest BCUT2D eigenvalue weighted by molar-refractivity contribution is 7.89. The van der Waals surface area contributed by atoms with E-state index in [1.165, 1.54) is 4.31 Å². The molecular weight excluding hydrogens is 298 g/mol. The second kappa shape index (κ2) is 6.94. The molecule has 0 bridgehead atoms. The molecule has 0 unspecified atom stereocenters. The Morgan fingerprint density at radius 3 is 2.36 bits per heavy atom. The van der Waals surface area contributed by atoms with E-state index in [1.807, 2.05) is 56.3 Å². The van der Waals surface area contributed by atoms with Crippen LogP contribution in [-0.4, -0.2) is 32.9 Å². The molecule has 0 saturated heterocycles. The summed E-state index contributed by atoms with van der Waals surface area (Å²) in [5.74, 6) is 0.736. The Kier molecular flexibility index (Phi) is 5.21. The molecule has 2 rings (SSSR count). The van der Waals surface area contributed by atoms with Crippen molar-refractivity contribution in [3.05, 3.63) is 59.7 Å². The van der Waals surface area contributed by atoms with Gasteiger partial charge in [-0.3, -0.25) is 0 Å². The molecule has 0 heterocycles.